The van der Waals surface area contributed by atoms with Gasteiger partial charge in [0, 0.05) is 30.9 Å². The van der Waals surface area contributed by atoms with Crippen LogP contribution >= 0.6 is 0 Å². The van der Waals surface area contributed by atoms with Crippen molar-refractivity contribution in [2.75, 3.05) is 7.05 Å². The monoisotopic (exact) mass is 383 g/mol. The molecule has 0 fully saturated rings. The van der Waals surface area contributed by atoms with Crippen LogP contribution in [0, 0.1) is 0 Å². The molecule has 1 amide bonds. The van der Waals surface area contributed by atoms with Gasteiger partial charge >= 0.3 is 0 Å². The van der Waals surface area contributed by atoms with Gasteiger partial charge < -0.3 is 9.64 Å². The van der Waals surface area contributed by atoms with Crippen molar-refractivity contribution >= 4 is 5.91 Å². The summed E-state index contributed by atoms with van der Waals surface area (Å²) in [6, 6.07) is 26.6. The zero-order valence-corrected chi connectivity index (χ0v) is 16.1. The number of carbonyl (C=O) groups is 1. The van der Waals surface area contributed by atoms with Crippen LogP contribution in [0.1, 0.15) is 15.9 Å². The van der Waals surface area contributed by atoms with Crippen LogP contribution in [0.3, 0.4) is 0 Å². The zero-order chi connectivity index (χ0) is 20.1. The van der Waals surface area contributed by atoms with Crippen LogP contribution < -0.4 is 4.74 Å². The van der Waals surface area contributed by atoms with Gasteiger partial charge in [0.25, 0.3) is 5.91 Å². The van der Waals surface area contributed by atoms with Gasteiger partial charge in [-0.15, -0.1) is 0 Å². The molecule has 4 rings (SSSR count). The predicted octanol–water partition coefficient (Wildman–Crippen LogP) is 4.94. The lowest BCUT2D eigenvalue weighted by molar-refractivity contribution is 0.0785. The van der Waals surface area contributed by atoms with Crippen molar-refractivity contribution < 1.29 is 9.53 Å². The molecule has 0 saturated carbocycles. The summed E-state index contributed by atoms with van der Waals surface area (Å²) in [4.78, 5) is 14.4. The number of amides is 1. The molecule has 0 spiro atoms. The summed E-state index contributed by atoms with van der Waals surface area (Å²) in [5, 5.41) is 4.39. The predicted molar refractivity (Wildman–Crippen MR) is 112 cm³/mol. The largest absolute Gasteiger partial charge is 0.457 e. The maximum atomic E-state index is 12.8. The quantitative estimate of drug-likeness (QED) is 0.474. The Hall–Kier alpha value is -3.86. The van der Waals surface area contributed by atoms with Gasteiger partial charge in [-0.05, 0) is 48.5 Å². The molecule has 1 heterocycles. The first-order chi connectivity index (χ1) is 14.2. The number of para-hydroxylation sites is 2. The molecule has 0 unspecified atom stereocenters. The van der Waals surface area contributed by atoms with E-state index in [0.717, 1.165) is 17.0 Å². The molecular weight excluding hydrogens is 362 g/mol. The van der Waals surface area contributed by atoms with E-state index < -0.39 is 0 Å². The number of hydrogen-bond donors (Lipinski definition) is 0. The van der Waals surface area contributed by atoms with E-state index in [0.29, 0.717) is 17.9 Å². The maximum Gasteiger partial charge on any atom is 0.253 e. The van der Waals surface area contributed by atoms with Gasteiger partial charge in [-0.25, -0.2) is 4.68 Å². The third-order valence-electron chi connectivity index (χ3n) is 4.50. The molecule has 0 N–H and O–H groups in total. The van der Waals surface area contributed by atoms with Crippen molar-refractivity contribution in [2.24, 2.45) is 0 Å². The second kappa shape index (κ2) is 8.44. The van der Waals surface area contributed by atoms with E-state index in [1.165, 1.54) is 0 Å². The van der Waals surface area contributed by atoms with Gasteiger partial charge in [-0.2, -0.15) is 5.10 Å². The number of hydrogen-bond acceptors (Lipinski definition) is 3. The molecule has 0 saturated heterocycles. The van der Waals surface area contributed by atoms with Gasteiger partial charge in [0.1, 0.15) is 11.5 Å². The molecule has 0 aliphatic carbocycles. The highest BCUT2D eigenvalue weighted by Crippen LogP contribution is 2.21. The van der Waals surface area contributed by atoms with Gasteiger partial charge in [0.2, 0.25) is 0 Å². The molecule has 0 atom stereocenters. The fraction of sp³-hybridized carbons (Fsp3) is 0.0833. The average Bonchev–Trinajstić information content (AvgIpc) is 3.23. The normalized spacial score (nSPS) is 10.5. The Morgan fingerprint density at radius 3 is 2.21 bits per heavy atom. The van der Waals surface area contributed by atoms with Crippen molar-refractivity contribution in [3.8, 4) is 17.2 Å². The first-order valence-corrected chi connectivity index (χ1v) is 9.36. The summed E-state index contributed by atoms with van der Waals surface area (Å²) in [6.45, 7) is 0.480. The number of carbonyl (C=O) groups excluding carboxylic acids is 1. The maximum absolute atomic E-state index is 12.8. The van der Waals surface area contributed by atoms with Crippen LogP contribution in [0.25, 0.3) is 5.69 Å². The highest BCUT2D eigenvalue weighted by atomic mass is 16.5. The smallest absolute Gasteiger partial charge is 0.253 e. The van der Waals surface area contributed by atoms with E-state index in [1.54, 1.807) is 30.3 Å². The number of aromatic nitrogens is 2. The van der Waals surface area contributed by atoms with Crippen molar-refractivity contribution in [1.29, 1.82) is 0 Å². The molecule has 0 radical (unpaired) electrons. The van der Waals surface area contributed by atoms with E-state index in [2.05, 4.69) is 5.10 Å². The number of ether oxygens (including phenoxy) is 1. The molecule has 5 heteroatoms. The Labute approximate surface area is 169 Å². The third-order valence-corrected chi connectivity index (χ3v) is 4.50. The van der Waals surface area contributed by atoms with E-state index in [1.807, 2.05) is 83.7 Å². The highest BCUT2D eigenvalue weighted by Gasteiger charge is 2.13. The van der Waals surface area contributed by atoms with Crippen molar-refractivity contribution in [2.45, 2.75) is 6.54 Å². The molecule has 144 valence electrons. The highest BCUT2D eigenvalue weighted by molar-refractivity contribution is 5.94. The minimum absolute atomic E-state index is 0.0521. The van der Waals surface area contributed by atoms with Gasteiger partial charge in [0.15, 0.2) is 0 Å². The Kier molecular flexibility index (Phi) is 5.38. The second-order valence-corrected chi connectivity index (χ2v) is 6.73. The molecule has 29 heavy (non-hydrogen) atoms. The first kappa shape index (κ1) is 18.5. The zero-order valence-electron chi connectivity index (χ0n) is 16.1. The van der Waals surface area contributed by atoms with Crippen LogP contribution in [0.5, 0.6) is 11.5 Å². The van der Waals surface area contributed by atoms with E-state index in [4.69, 9.17) is 4.74 Å². The van der Waals surface area contributed by atoms with Gasteiger partial charge in [-0.3, -0.25) is 4.79 Å². The molecular formula is C24H21N3O2. The average molecular weight is 383 g/mol. The van der Waals surface area contributed by atoms with Crippen molar-refractivity contribution in [3.63, 3.8) is 0 Å². The summed E-state index contributed by atoms with van der Waals surface area (Å²) in [7, 11) is 1.79. The van der Waals surface area contributed by atoms with Gasteiger partial charge in [-0.1, -0.05) is 36.4 Å². The van der Waals surface area contributed by atoms with Crippen LogP contribution in [0.15, 0.2) is 97.3 Å². The lowest BCUT2D eigenvalue weighted by atomic mass is 10.2. The minimum Gasteiger partial charge on any atom is -0.457 e. The molecule has 4 aromatic rings. The van der Waals surface area contributed by atoms with Crippen molar-refractivity contribution in [1.82, 2.24) is 14.7 Å². The lowest BCUT2D eigenvalue weighted by Gasteiger charge is -2.16. The fourth-order valence-corrected chi connectivity index (χ4v) is 3.02. The summed E-state index contributed by atoms with van der Waals surface area (Å²) >= 11 is 0. The fourth-order valence-electron chi connectivity index (χ4n) is 3.02. The molecule has 0 aliphatic heterocycles. The summed E-state index contributed by atoms with van der Waals surface area (Å²) in [5.74, 6) is 1.40. The van der Waals surface area contributed by atoms with E-state index in [9.17, 15) is 4.79 Å². The van der Waals surface area contributed by atoms with Crippen LogP contribution in [-0.4, -0.2) is 27.6 Å². The Morgan fingerprint density at radius 1 is 0.897 bits per heavy atom. The topological polar surface area (TPSA) is 47.4 Å². The summed E-state index contributed by atoms with van der Waals surface area (Å²) in [5.41, 5.74) is 2.57. The van der Waals surface area contributed by atoms with E-state index in [-0.39, 0.29) is 5.91 Å². The molecule has 1 aromatic heterocycles. The number of benzene rings is 3. The van der Waals surface area contributed by atoms with E-state index >= 15 is 0 Å². The van der Waals surface area contributed by atoms with Crippen molar-refractivity contribution in [3.05, 3.63) is 108 Å². The molecule has 5 nitrogen and oxygen atoms in total. The minimum atomic E-state index is -0.0521. The van der Waals surface area contributed by atoms with Crippen LogP contribution in [0.4, 0.5) is 0 Å². The summed E-state index contributed by atoms with van der Waals surface area (Å²) < 4.78 is 7.59. The van der Waals surface area contributed by atoms with Crippen LogP contribution in [-0.2, 0) is 6.54 Å². The Morgan fingerprint density at radius 2 is 1.52 bits per heavy atom. The van der Waals surface area contributed by atoms with Crippen LogP contribution in [0.2, 0.25) is 0 Å². The third kappa shape index (κ3) is 4.52. The molecule has 0 bridgehead atoms. The number of rotatable bonds is 6. The summed E-state index contributed by atoms with van der Waals surface area (Å²) in [6.07, 6.45) is 3.73. The number of nitrogens with zero attached hydrogens (tertiary/aromatic N) is 3. The Balaban J connectivity index is 1.40. The first-order valence-electron chi connectivity index (χ1n) is 9.36. The Bertz CT molecular complexity index is 1070. The molecule has 0 aliphatic rings. The SMILES string of the molecule is CN(Cc1cnn(-c2ccccc2)c1)C(=O)c1ccc(Oc2ccccc2)cc1. The van der Waals surface area contributed by atoms with Gasteiger partial charge in [0.05, 0.1) is 11.9 Å². The standard InChI is InChI=1S/C24H21N3O2/c1-26(17-19-16-25-27(18-19)21-8-4-2-5-9-21)24(28)20-12-14-23(15-13-20)29-22-10-6-3-7-11-22/h2-16,18H,17H2,1H3. The lowest BCUT2D eigenvalue weighted by Crippen LogP contribution is -2.25. The molecule has 3 aromatic carbocycles. The second-order valence-electron chi connectivity index (χ2n) is 6.73.